The van der Waals surface area contributed by atoms with Gasteiger partial charge in [-0.3, -0.25) is 9.59 Å². The van der Waals surface area contributed by atoms with Crippen molar-refractivity contribution in [2.75, 3.05) is 19.0 Å². The van der Waals surface area contributed by atoms with Crippen LogP contribution < -0.4 is 15.4 Å². The monoisotopic (exact) mass is 390 g/mol. The van der Waals surface area contributed by atoms with Crippen molar-refractivity contribution >= 4 is 29.0 Å². The summed E-state index contributed by atoms with van der Waals surface area (Å²) in [4.78, 5) is 24.4. The van der Waals surface area contributed by atoms with Crippen molar-refractivity contribution in [3.8, 4) is 5.75 Å². The van der Waals surface area contributed by atoms with Gasteiger partial charge in [-0.25, -0.2) is 0 Å². The Morgan fingerprint density at radius 3 is 2.59 bits per heavy atom. The van der Waals surface area contributed by atoms with E-state index in [-0.39, 0.29) is 30.9 Å². The number of hydrogen-bond donors (Lipinski definition) is 3. The lowest BCUT2D eigenvalue weighted by Gasteiger charge is -2.17. The molecule has 7 heteroatoms. The molecule has 0 saturated carbocycles. The van der Waals surface area contributed by atoms with Gasteiger partial charge in [0.15, 0.2) is 5.78 Å². The second kappa shape index (κ2) is 9.39. The Balaban J connectivity index is 2.22. The molecule has 0 aliphatic rings. The number of halogens is 1. The summed E-state index contributed by atoms with van der Waals surface area (Å²) in [6.07, 6.45) is 0. The largest absolute Gasteiger partial charge is 0.495 e. The minimum atomic E-state index is -0.334. The van der Waals surface area contributed by atoms with Crippen LogP contribution in [0.1, 0.15) is 40.1 Å². The minimum absolute atomic E-state index is 0.0832. The first-order valence-electron chi connectivity index (χ1n) is 8.48. The molecule has 1 unspecified atom stereocenters. The zero-order chi connectivity index (χ0) is 20.0. The minimum Gasteiger partial charge on any atom is -0.495 e. The first-order valence-corrected chi connectivity index (χ1v) is 8.86. The molecule has 144 valence electrons. The number of aliphatic hydroxyl groups is 1. The molecule has 0 aliphatic carbocycles. The van der Waals surface area contributed by atoms with Crippen LogP contribution in [0.2, 0.25) is 5.02 Å². The fourth-order valence-electron chi connectivity index (χ4n) is 2.48. The number of benzene rings is 2. The topological polar surface area (TPSA) is 87.7 Å². The van der Waals surface area contributed by atoms with Gasteiger partial charge in [-0.2, -0.15) is 0 Å². The summed E-state index contributed by atoms with van der Waals surface area (Å²) in [7, 11) is 1.52. The molecule has 0 fully saturated rings. The molecule has 3 N–H and O–H groups in total. The first-order chi connectivity index (χ1) is 12.8. The zero-order valence-corrected chi connectivity index (χ0v) is 16.3. The summed E-state index contributed by atoms with van der Waals surface area (Å²) in [5.74, 6) is 0.0639. The average molecular weight is 391 g/mol. The molecule has 2 aromatic rings. The SMILES string of the molecule is COc1cc(CNC(=O)c2cc(C(C)=O)ccc2NC(C)CO)ccc1Cl. The van der Waals surface area contributed by atoms with E-state index in [9.17, 15) is 14.7 Å². The molecule has 6 nitrogen and oxygen atoms in total. The molecule has 1 atom stereocenters. The van der Waals surface area contributed by atoms with Gasteiger partial charge >= 0.3 is 0 Å². The molecule has 0 spiro atoms. The van der Waals surface area contributed by atoms with Gasteiger partial charge in [-0.05, 0) is 49.7 Å². The Morgan fingerprint density at radius 1 is 1.22 bits per heavy atom. The summed E-state index contributed by atoms with van der Waals surface area (Å²) in [6.45, 7) is 3.42. The van der Waals surface area contributed by atoms with Crippen molar-refractivity contribution in [2.45, 2.75) is 26.4 Å². The Bertz CT molecular complexity index is 839. The normalized spacial score (nSPS) is 11.6. The summed E-state index contributed by atoms with van der Waals surface area (Å²) in [5, 5.41) is 15.6. The lowest BCUT2D eigenvalue weighted by atomic mass is 10.0. The number of Topliss-reactive ketones (excluding diaryl/α,β-unsaturated/α-hetero) is 1. The Morgan fingerprint density at radius 2 is 1.96 bits per heavy atom. The van der Waals surface area contributed by atoms with Crippen LogP contribution in [-0.4, -0.2) is 36.6 Å². The summed E-state index contributed by atoms with van der Waals surface area (Å²) < 4.78 is 5.18. The zero-order valence-electron chi connectivity index (χ0n) is 15.5. The molecule has 0 aliphatic heterocycles. The van der Waals surface area contributed by atoms with Gasteiger partial charge in [0.2, 0.25) is 0 Å². The van der Waals surface area contributed by atoms with E-state index in [2.05, 4.69) is 10.6 Å². The van der Waals surface area contributed by atoms with Gasteiger partial charge in [0.1, 0.15) is 5.75 Å². The van der Waals surface area contributed by atoms with E-state index >= 15 is 0 Å². The van der Waals surface area contributed by atoms with Crippen molar-refractivity contribution in [1.29, 1.82) is 0 Å². The highest BCUT2D eigenvalue weighted by molar-refractivity contribution is 6.32. The van der Waals surface area contributed by atoms with E-state index in [1.165, 1.54) is 14.0 Å². The first kappa shape index (κ1) is 20.7. The number of aliphatic hydroxyl groups excluding tert-OH is 1. The van der Waals surface area contributed by atoms with Crippen LogP contribution in [0.4, 0.5) is 5.69 Å². The molecule has 0 aromatic heterocycles. The fraction of sp³-hybridized carbons (Fsp3) is 0.300. The third-order valence-corrected chi connectivity index (χ3v) is 4.33. The molecule has 0 radical (unpaired) electrons. The van der Waals surface area contributed by atoms with E-state index < -0.39 is 0 Å². The van der Waals surface area contributed by atoms with Crippen LogP contribution >= 0.6 is 11.6 Å². The number of hydrogen-bond acceptors (Lipinski definition) is 5. The standard InChI is InChI=1S/C20H23ClN2O4/c1-12(11-24)23-18-7-5-15(13(2)25)9-16(18)20(26)22-10-14-4-6-17(21)19(8-14)27-3/h4-9,12,23-24H,10-11H2,1-3H3,(H,22,26). The lowest BCUT2D eigenvalue weighted by Crippen LogP contribution is -2.26. The van der Waals surface area contributed by atoms with Gasteiger partial charge in [0.25, 0.3) is 5.91 Å². The smallest absolute Gasteiger partial charge is 0.253 e. The number of ketones is 1. The number of amides is 1. The van der Waals surface area contributed by atoms with Gasteiger partial charge in [0.05, 0.1) is 24.3 Å². The highest BCUT2D eigenvalue weighted by Crippen LogP contribution is 2.25. The molecular weight excluding hydrogens is 368 g/mol. The lowest BCUT2D eigenvalue weighted by molar-refractivity contribution is 0.0951. The molecule has 27 heavy (non-hydrogen) atoms. The third kappa shape index (κ3) is 5.45. The molecule has 0 heterocycles. The van der Waals surface area contributed by atoms with Gasteiger partial charge < -0.3 is 20.5 Å². The van der Waals surface area contributed by atoms with Crippen LogP contribution in [0.15, 0.2) is 36.4 Å². The number of ether oxygens (including phenoxy) is 1. The van der Waals surface area contributed by atoms with Crippen molar-refractivity contribution in [3.63, 3.8) is 0 Å². The van der Waals surface area contributed by atoms with E-state index in [0.717, 1.165) is 5.56 Å². The second-order valence-electron chi connectivity index (χ2n) is 6.20. The molecule has 0 bridgehead atoms. The molecule has 0 saturated heterocycles. The quantitative estimate of drug-likeness (QED) is 0.602. The van der Waals surface area contributed by atoms with E-state index in [1.807, 2.05) is 0 Å². The Kier molecular flexibility index (Phi) is 7.21. The Labute approximate surface area is 163 Å². The van der Waals surface area contributed by atoms with Gasteiger partial charge in [0, 0.05) is 23.8 Å². The number of carbonyl (C=O) groups excluding carboxylic acids is 2. The molecule has 2 rings (SSSR count). The highest BCUT2D eigenvalue weighted by Gasteiger charge is 2.15. The van der Waals surface area contributed by atoms with Crippen molar-refractivity contribution in [1.82, 2.24) is 5.32 Å². The van der Waals surface area contributed by atoms with Crippen LogP contribution in [0.5, 0.6) is 5.75 Å². The van der Waals surface area contributed by atoms with Crippen molar-refractivity contribution < 1.29 is 19.4 Å². The predicted molar refractivity (Wildman–Crippen MR) is 106 cm³/mol. The third-order valence-electron chi connectivity index (χ3n) is 4.02. The summed E-state index contributed by atoms with van der Waals surface area (Å²) in [5.41, 5.74) is 2.15. The fourth-order valence-corrected chi connectivity index (χ4v) is 2.67. The summed E-state index contributed by atoms with van der Waals surface area (Å²) >= 11 is 6.01. The maximum absolute atomic E-state index is 12.7. The number of nitrogens with one attached hydrogen (secondary N) is 2. The number of methoxy groups -OCH3 is 1. The van der Waals surface area contributed by atoms with Crippen LogP contribution in [-0.2, 0) is 6.54 Å². The van der Waals surface area contributed by atoms with E-state index in [4.69, 9.17) is 16.3 Å². The number of anilines is 1. The number of rotatable bonds is 8. The van der Waals surface area contributed by atoms with Crippen molar-refractivity contribution in [2.24, 2.45) is 0 Å². The van der Waals surface area contributed by atoms with E-state index in [1.54, 1.807) is 43.3 Å². The van der Waals surface area contributed by atoms with Crippen LogP contribution in [0, 0.1) is 0 Å². The molecule has 2 aromatic carbocycles. The van der Waals surface area contributed by atoms with Gasteiger partial charge in [-0.15, -0.1) is 0 Å². The number of carbonyl (C=O) groups is 2. The molecular formula is C20H23ClN2O4. The van der Waals surface area contributed by atoms with Gasteiger partial charge in [-0.1, -0.05) is 17.7 Å². The predicted octanol–water partition coefficient (Wildman–Crippen LogP) is 3.27. The van der Waals surface area contributed by atoms with Crippen LogP contribution in [0.25, 0.3) is 0 Å². The highest BCUT2D eigenvalue weighted by atomic mass is 35.5. The maximum Gasteiger partial charge on any atom is 0.253 e. The van der Waals surface area contributed by atoms with Crippen molar-refractivity contribution in [3.05, 3.63) is 58.1 Å². The summed E-state index contributed by atoms with van der Waals surface area (Å²) in [6, 6.07) is 9.88. The second-order valence-corrected chi connectivity index (χ2v) is 6.60. The maximum atomic E-state index is 12.7. The van der Waals surface area contributed by atoms with Crippen LogP contribution in [0.3, 0.4) is 0 Å². The Hall–Kier alpha value is -2.57. The van der Waals surface area contributed by atoms with E-state index in [0.29, 0.717) is 27.6 Å². The average Bonchev–Trinajstić information content (AvgIpc) is 2.66. The molecule has 1 amide bonds.